The number of thiophene rings is 1. The fraction of sp³-hybridized carbons (Fsp3) is 0.471. The topological polar surface area (TPSA) is 120 Å². The number of nitrogens with one attached hydrogen (secondary N) is 1. The van der Waals surface area contributed by atoms with Gasteiger partial charge in [-0.3, -0.25) is 9.69 Å². The Balaban J connectivity index is 0.000000230. The van der Waals surface area contributed by atoms with Crippen LogP contribution in [0, 0.1) is 23.0 Å². The van der Waals surface area contributed by atoms with Gasteiger partial charge in [-0.1, -0.05) is 6.07 Å². The Bertz CT molecular complexity index is 1920. The molecular weight excluding hydrogens is 684 g/mol. The van der Waals surface area contributed by atoms with Crippen molar-refractivity contribution in [3.05, 3.63) is 41.0 Å². The Morgan fingerprint density at radius 1 is 1.18 bits per heavy atom. The minimum absolute atomic E-state index is 0.0444. The Morgan fingerprint density at radius 3 is 2.52 bits per heavy atom. The Labute approximate surface area is 289 Å². The number of anilines is 2. The fourth-order valence-electron chi connectivity index (χ4n) is 6.66. The quantitative estimate of drug-likeness (QED) is 0.203. The summed E-state index contributed by atoms with van der Waals surface area (Å²) in [4.78, 5) is 22.8. The van der Waals surface area contributed by atoms with Gasteiger partial charge in [0.15, 0.2) is 5.82 Å². The van der Waals surface area contributed by atoms with Crippen LogP contribution in [-0.2, 0) is 11.0 Å². The van der Waals surface area contributed by atoms with Crippen molar-refractivity contribution in [3.8, 4) is 23.2 Å². The molecule has 5 heterocycles. The van der Waals surface area contributed by atoms with E-state index in [0.717, 1.165) is 57.1 Å². The highest BCUT2D eigenvalue weighted by atomic mass is 32.1. The molecule has 1 amide bonds. The average Bonchev–Trinajstić information content (AvgIpc) is 3.85. The predicted octanol–water partition coefficient (Wildman–Crippen LogP) is 7.52. The molecule has 0 saturated carbocycles. The number of alkyl halides is 4. The highest BCUT2D eigenvalue weighted by Crippen LogP contribution is 2.47. The van der Waals surface area contributed by atoms with Gasteiger partial charge in [0.2, 0.25) is 5.91 Å². The van der Waals surface area contributed by atoms with Crippen LogP contribution in [0.5, 0.6) is 6.01 Å². The molecular formula is C34H37F6N7O2S. The number of nitrogens with two attached hydrogens (primary N) is 1. The molecule has 268 valence electrons. The molecule has 0 spiro atoms. The Morgan fingerprint density at radius 2 is 1.94 bits per heavy atom. The molecule has 50 heavy (non-hydrogen) atoms. The van der Waals surface area contributed by atoms with Crippen molar-refractivity contribution < 1.29 is 35.9 Å². The van der Waals surface area contributed by atoms with E-state index in [0.29, 0.717) is 29.8 Å². The number of rotatable bonds is 5. The van der Waals surface area contributed by atoms with Gasteiger partial charge in [0.25, 0.3) is 0 Å². The van der Waals surface area contributed by atoms with Crippen LogP contribution in [0.15, 0.2) is 18.2 Å². The molecule has 3 fully saturated rings. The van der Waals surface area contributed by atoms with Gasteiger partial charge in [0.1, 0.15) is 34.4 Å². The van der Waals surface area contributed by atoms with Gasteiger partial charge in [0, 0.05) is 55.0 Å². The first-order valence-corrected chi connectivity index (χ1v) is 17.1. The molecule has 3 N–H and O–H groups in total. The smallest absolute Gasteiger partial charge is 0.417 e. The van der Waals surface area contributed by atoms with E-state index in [1.807, 2.05) is 11.8 Å². The van der Waals surface area contributed by atoms with Crippen molar-refractivity contribution in [2.45, 2.75) is 64.3 Å². The number of halogens is 6. The van der Waals surface area contributed by atoms with Crippen molar-refractivity contribution in [1.82, 2.24) is 19.8 Å². The van der Waals surface area contributed by atoms with Crippen LogP contribution in [-0.4, -0.2) is 77.7 Å². The lowest BCUT2D eigenvalue weighted by molar-refractivity contribution is -0.137. The lowest BCUT2D eigenvalue weighted by Crippen LogP contribution is -2.23. The summed E-state index contributed by atoms with van der Waals surface area (Å²) in [7, 11) is 1.23. The molecule has 0 aliphatic carbocycles. The molecule has 3 saturated heterocycles. The molecule has 2 atom stereocenters. The van der Waals surface area contributed by atoms with Gasteiger partial charge in [-0.15, -0.1) is 11.3 Å². The zero-order valence-corrected chi connectivity index (χ0v) is 28.6. The van der Waals surface area contributed by atoms with Crippen molar-refractivity contribution in [1.29, 1.82) is 5.26 Å². The standard InChI is InChI=1S/C21H14F5N5OS.C7H12FN.C6H11NO/c1-3-29-19-9-6-11(21(24,25)26)14(15(23)16(9)30-20(31-19)32-2)8-4-5-12(22)17-13(8)10(7-27)18(28)33-17;8-6-4-7-2-1-3-9(7)5-6;1-2-7-5-3-4-6(7)8/h4-6H,3,28H2,1-2H3,(H,29,30,31);6-7H,1-5H2;2-5H2,1H3. The summed E-state index contributed by atoms with van der Waals surface area (Å²) in [6.45, 7) is 7.72. The number of methoxy groups -OCH3 is 1. The summed E-state index contributed by atoms with van der Waals surface area (Å²) in [5.74, 6) is -1.83. The molecule has 4 aromatic rings. The molecule has 7 rings (SSSR count). The van der Waals surface area contributed by atoms with Crippen LogP contribution in [0.25, 0.3) is 32.1 Å². The first kappa shape index (κ1) is 36.9. The van der Waals surface area contributed by atoms with E-state index in [1.165, 1.54) is 20.0 Å². The average molecular weight is 722 g/mol. The zero-order chi connectivity index (χ0) is 36.3. The highest BCUT2D eigenvalue weighted by Gasteiger charge is 2.38. The third-order valence-corrected chi connectivity index (χ3v) is 9.98. The number of nitrogen functional groups attached to an aromatic ring is 1. The van der Waals surface area contributed by atoms with Crippen LogP contribution in [0.3, 0.4) is 0 Å². The Kier molecular flexibility index (Phi) is 11.3. The number of nitrogens with zero attached hydrogens (tertiary/aromatic N) is 5. The number of hydrogen-bond donors (Lipinski definition) is 2. The van der Waals surface area contributed by atoms with E-state index in [9.17, 15) is 32.0 Å². The summed E-state index contributed by atoms with van der Waals surface area (Å²) in [5, 5.41) is 11.8. The summed E-state index contributed by atoms with van der Waals surface area (Å²) in [6.07, 6.45) is -0.350. The van der Waals surface area contributed by atoms with Gasteiger partial charge in [0.05, 0.1) is 22.9 Å². The van der Waals surface area contributed by atoms with Crippen molar-refractivity contribution >= 4 is 49.1 Å². The molecule has 0 radical (unpaired) electrons. The van der Waals surface area contributed by atoms with Gasteiger partial charge in [-0.05, 0) is 63.8 Å². The normalized spacial score (nSPS) is 18.8. The minimum Gasteiger partial charge on any atom is -0.467 e. The lowest BCUT2D eigenvalue weighted by atomic mass is 9.92. The first-order chi connectivity index (χ1) is 23.8. The largest absolute Gasteiger partial charge is 0.467 e. The second-order valence-corrected chi connectivity index (χ2v) is 13.1. The summed E-state index contributed by atoms with van der Waals surface area (Å²) < 4.78 is 90.2. The molecule has 0 bridgehead atoms. The van der Waals surface area contributed by atoms with Gasteiger partial charge in [-0.25, -0.2) is 13.2 Å². The maximum absolute atomic E-state index is 15.9. The molecule has 2 unspecified atom stereocenters. The van der Waals surface area contributed by atoms with E-state index in [-0.39, 0.29) is 50.0 Å². The van der Waals surface area contributed by atoms with E-state index in [1.54, 1.807) is 13.0 Å². The van der Waals surface area contributed by atoms with Crippen LogP contribution < -0.4 is 15.8 Å². The number of nitriles is 1. The number of aromatic nitrogens is 2. The molecule has 2 aromatic carbocycles. The molecule has 2 aromatic heterocycles. The number of likely N-dealkylation sites (tertiary alicyclic amines) is 1. The third-order valence-electron chi connectivity index (χ3n) is 8.95. The van der Waals surface area contributed by atoms with Crippen molar-refractivity contribution in [2.75, 3.05) is 50.9 Å². The third kappa shape index (κ3) is 7.39. The van der Waals surface area contributed by atoms with Crippen LogP contribution >= 0.6 is 11.3 Å². The van der Waals surface area contributed by atoms with Crippen molar-refractivity contribution in [2.24, 2.45) is 0 Å². The second kappa shape index (κ2) is 15.3. The maximum Gasteiger partial charge on any atom is 0.417 e. The molecule has 16 heteroatoms. The molecule has 9 nitrogen and oxygen atoms in total. The number of amides is 1. The van der Waals surface area contributed by atoms with Gasteiger partial charge in [-0.2, -0.15) is 28.4 Å². The number of carbonyl (C=O) groups excluding carboxylic acids is 1. The van der Waals surface area contributed by atoms with E-state index < -0.39 is 40.6 Å². The minimum atomic E-state index is -5.00. The van der Waals surface area contributed by atoms with E-state index in [4.69, 9.17) is 10.5 Å². The summed E-state index contributed by atoms with van der Waals surface area (Å²) >= 11 is 0.698. The van der Waals surface area contributed by atoms with E-state index in [2.05, 4.69) is 20.2 Å². The number of hydrogen-bond acceptors (Lipinski definition) is 9. The zero-order valence-electron chi connectivity index (χ0n) is 27.8. The SMILES string of the molecule is CCN1CCCC1=O.CCNc1nc(OC)nc2c(F)c(-c3ccc(F)c4sc(N)c(C#N)c34)c(C(F)(F)F)cc12.FC1CC2CCCN2C1. The van der Waals surface area contributed by atoms with E-state index >= 15 is 4.39 Å². The van der Waals surface area contributed by atoms with Gasteiger partial charge >= 0.3 is 12.2 Å². The Hall–Kier alpha value is -4.36. The van der Waals surface area contributed by atoms with Crippen LogP contribution in [0.4, 0.5) is 37.2 Å². The number of carbonyl (C=O) groups is 1. The van der Waals surface area contributed by atoms with Crippen molar-refractivity contribution in [3.63, 3.8) is 0 Å². The molecule has 3 aliphatic rings. The first-order valence-electron chi connectivity index (χ1n) is 16.3. The predicted molar refractivity (Wildman–Crippen MR) is 181 cm³/mol. The molecule has 3 aliphatic heterocycles. The summed E-state index contributed by atoms with van der Waals surface area (Å²) in [5.41, 5.74) is 2.59. The van der Waals surface area contributed by atoms with Crippen LogP contribution in [0.1, 0.15) is 57.1 Å². The highest BCUT2D eigenvalue weighted by molar-refractivity contribution is 7.23. The monoisotopic (exact) mass is 721 g/mol. The summed E-state index contributed by atoms with van der Waals surface area (Å²) in [6, 6.07) is 4.75. The number of ether oxygens (including phenoxy) is 1. The number of benzene rings is 2. The van der Waals surface area contributed by atoms with Crippen LogP contribution in [0.2, 0.25) is 0 Å². The fourth-order valence-corrected chi connectivity index (χ4v) is 7.61. The second-order valence-electron chi connectivity index (χ2n) is 12.0. The lowest BCUT2D eigenvalue weighted by Gasteiger charge is -2.18. The van der Waals surface area contributed by atoms with Gasteiger partial charge < -0.3 is 20.7 Å². The maximum atomic E-state index is 15.9. The number of fused-ring (bicyclic) bond motifs is 3.